The highest BCUT2D eigenvalue weighted by molar-refractivity contribution is 5.57. The maximum Gasteiger partial charge on any atom is 0.00555 e. The fourth-order valence-electron chi connectivity index (χ4n) is 10.3. The van der Waals surface area contributed by atoms with E-state index in [-0.39, 0.29) is 0 Å². The molecule has 0 nitrogen and oxygen atoms in total. The van der Waals surface area contributed by atoms with Crippen LogP contribution in [0.15, 0.2) is 22.3 Å². The molecule has 0 spiro atoms. The van der Waals surface area contributed by atoms with Crippen molar-refractivity contribution in [3.8, 4) is 0 Å². The molecule has 0 heteroatoms. The minimum atomic E-state index is 0.371. The number of rotatable bonds is 0. The fourth-order valence-corrected chi connectivity index (χ4v) is 10.3. The molecule has 0 aromatic carbocycles. The summed E-state index contributed by atoms with van der Waals surface area (Å²) in [5, 5.41) is 0. The average molecular weight is 363 g/mol. The summed E-state index contributed by atoms with van der Waals surface area (Å²) in [6.07, 6.45) is 15.6. The summed E-state index contributed by atoms with van der Waals surface area (Å²) in [6, 6.07) is 0. The van der Waals surface area contributed by atoms with E-state index in [1.165, 1.54) is 0 Å². The third kappa shape index (κ3) is 2.12. The predicted molar refractivity (Wildman–Crippen MR) is 111 cm³/mol. The smallest absolute Gasteiger partial charge is 0.00555 e. The molecule has 4 unspecified atom stereocenters. The Hall–Kier alpha value is -0.520. The minimum Gasteiger partial charge on any atom is -0.0564 e. The zero-order valence-electron chi connectivity index (χ0n) is 17.8. The van der Waals surface area contributed by atoms with E-state index in [4.69, 9.17) is 0 Å². The van der Waals surface area contributed by atoms with Crippen molar-refractivity contribution in [1.82, 2.24) is 0 Å². The largest absolute Gasteiger partial charge is 0.0564 e. The second kappa shape index (κ2) is 5.14. The maximum atomic E-state index is 2.57. The summed E-state index contributed by atoms with van der Waals surface area (Å²) in [5.74, 6) is 9.06. The van der Waals surface area contributed by atoms with Crippen LogP contribution in [0.5, 0.6) is 0 Å². The molecule has 0 N–H and O–H groups in total. The lowest BCUT2D eigenvalue weighted by molar-refractivity contribution is 0.126. The SMILES string of the molecule is CC(C)(C)C1=C2C(=C3C4CC5CC(C4)CC(C5)[C@@H]31)C1CC3CC(C1)CC2C3. The van der Waals surface area contributed by atoms with E-state index in [9.17, 15) is 0 Å². The Labute approximate surface area is 166 Å². The lowest BCUT2D eigenvalue weighted by atomic mass is 9.63. The molecule has 0 aromatic rings. The van der Waals surface area contributed by atoms with Crippen LogP contribution in [0.25, 0.3) is 0 Å². The summed E-state index contributed by atoms with van der Waals surface area (Å²) in [6.45, 7) is 7.71. The van der Waals surface area contributed by atoms with E-state index in [1.807, 2.05) is 16.7 Å². The van der Waals surface area contributed by atoms with Crippen molar-refractivity contribution in [2.24, 2.45) is 58.7 Å². The Balaban J connectivity index is 1.49. The molecule has 146 valence electrons. The summed E-state index contributed by atoms with van der Waals surface area (Å²) in [7, 11) is 0. The second-order valence-corrected chi connectivity index (χ2v) is 13.1. The zero-order chi connectivity index (χ0) is 18.1. The van der Waals surface area contributed by atoms with Gasteiger partial charge in [0.15, 0.2) is 0 Å². The van der Waals surface area contributed by atoms with E-state index in [0.29, 0.717) is 5.41 Å². The highest BCUT2D eigenvalue weighted by atomic mass is 14.6. The van der Waals surface area contributed by atoms with Crippen molar-refractivity contribution in [3.63, 3.8) is 0 Å². The Morgan fingerprint density at radius 2 is 1.04 bits per heavy atom. The van der Waals surface area contributed by atoms with Crippen LogP contribution in [0.3, 0.4) is 0 Å². The number of hydrogen-bond acceptors (Lipinski definition) is 0. The molecule has 8 bridgehead atoms. The monoisotopic (exact) mass is 362 g/mol. The predicted octanol–water partition coefficient (Wildman–Crippen LogP) is 7.17. The normalized spacial score (nSPS) is 52.3. The Morgan fingerprint density at radius 3 is 1.59 bits per heavy atom. The van der Waals surface area contributed by atoms with Crippen molar-refractivity contribution in [2.45, 2.75) is 85.0 Å². The molecular weight excluding hydrogens is 324 g/mol. The molecule has 27 heavy (non-hydrogen) atoms. The van der Waals surface area contributed by atoms with E-state index < -0.39 is 0 Å². The van der Waals surface area contributed by atoms with Crippen molar-refractivity contribution in [1.29, 1.82) is 0 Å². The van der Waals surface area contributed by atoms with Gasteiger partial charge >= 0.3 is 0 Å². The quantitative estimate of drug-likeness (QED) is 0.428. The standard InChI is InChI=1S/C27H38/c1-27(2,3)26-24-20-10-14-4-15(11-20)7-18(6-14)22(24)23-19-8-16-5-17(9-19)13-21(12-16)25(23)26/h14-21,24H,4-13H2,1-3H3/t14?,15?,16?,17?,18?,19?,20?,21?,24-/m0/s1. The molecule has 9 aliphatic carbocycles. The van der Waals surface area contributed by atoms with Gasteiger partial charge in [0.05, 0.1) is 0 Å². The summed E-state index contributed by atoms with van der Waals surface area (Å²) >= 11 is 0. The maximum absolute atomic E-state index is 2.57. The first kappa shape index (κ1) is 16.3. The van der Waals surface area contributed by atoms with Gasteiger partial charge in [0.25, 0.3) is 0 Å². The molecule has 8 saturated carbocycles. The van der Waals surface area contributed by atoms with Gasteiger partial charge in [0.2, 0.25) is 0 Å². The molecule has 0 radical (unpaired) electrons. The first-order valence-electron chi connectivity index (χ1n) is 12.4. The van der Waals surface area contributed by atoms with Crippen molar-refractivity contribution >= 4 is 0 Å². The summed E-state index contributed by atoms with van der Waals surface area (Å²) < 4.78 is 0. The fraction of sp³-hybridized carbons (Fsp3) is 0.852. The van der Waals surface area contributed by atoms with Gasteiger partial charge < -0.3 is 0 Å². The van der Waals surface area contributed by atoms with Crippen LogP contribution in [0, 0.1) is 58.7 Å². The van der Waals surface area contributed by atoms with E-state index in [1.54, 1.807) is 64.2 Å². The first-order chi connectivity index (χ1) is 13.0. The van der Waals surface area contributed by atoms with Gasteiger partial charge in [-0.1, -0.05) is 31.9 Å². The van der Waals surface area contributed by atoms with Crippen LogP contribution in [-0.2, 0) is 0 Å². The summed E-state index contributed by atoms with van der Waals surface area (Å²) in [4.78, 5) is 0. The van der Waals surface area contributed by atoms with Gasteiger partial charge in [-0.3, -0.25) is 0 Å². The second-order valence-electron chi connectivity index (χ2n) is 13.1. The molecule has 5 atom stereocenters. The third-order valence-electron chi connectivity index (χ3n) is 10.4. The van der Waals surface area contributed by atoms with Crippen LogP contribution in [0.4, 0.5) is 0 Å². The molecule has 8 fully saturated rings. The van der Waals surface area contributed by atoms with E-state index in [2.05, 4.69) is 26.3 Å². The van der Waals surface area contributed by atoms with Crippen molar-refractivity contribution < 1.29 is 0 Å². The Bertz CT molecular complexity index is 729. The van der Waals surface area contributed by atoms with E-state index >= 15 is 0 Å². The topological polar surface area (TPSA) is 0 Å². The highest BCUT2D eigenvalue weighted by Crippen LogP contribution is 2.68. The first-order valence-corrected chi connectivity index (χ1v) is 12.4. The number of allylic oxidation sites excluding steroid dienone is 4. The van der Waals surface area contributed by atoms with Gasteiger partial charge in [0, 0.05) is 5.92 Å². The van der Waals surface area contributed by atoms with Crippen molar-refractivity contribution in [2.75, 3.05) is 0 Å². The lowest BCUT2D eigenvalue weighted by Gasteiger charge is -2.41. The van der Waals surface area contributed by atoms with E-state index in [0.717, 1.165) is 53.3 Å². The van der Waals surface area contributed by atoms with Crippen LogP contribution < -0.4 is 0 Å². The molecule has 0 aromatic heterocycles. The van der Waals surface area contributed by atoms with Gasteiger partial charge in [0.1, 0.15) is 0 Å². The summed E-state index contributed by atoms with van der Waals surface area (Å²) in [5.41, 5.74) is 8.49. The molecule has 0 heterocycles. The molecule has 0 amide bonds. The zero-order valence-corrected chi connectivity index (χ0v) is 17.8. The van der Waals surface area contributed by atoms with Crippen LogP contribution in [-0.4, -0.2) is 0 Å². The Kier molecular flexibility index (Phi) is 3.11. The van der Waals surface area contributed by atoms with Gasteiger partial charge in [-0.25, -0.2) is 0 Å². The van der Waals surface area contributed by atoms with Gasteiger partial charge in [-0.05, 0) is 128 Å². The van der Waals surface area contributed by atoms with Crippen molar-refractivity contribution in [3.05, 3.63) is 22.3 Å². The van der Waals surface area contributed by atoms with Gasteiger partial charge in [-0.15, -0.1) is 0 Å². The van der Waals surface area contributed by atoms with Crippen LogP contribution in [0.1, 0.15) is 85.0 Å². The molecule has 0 aliphatic heterocycles. The third-order valence-corrected chi connectivity index (χ3v) is 10.4. The molecule has 9 rings (SSSR count). The van der Waals surface area contributed by atoms with Crippen LogP contribution >= 0.6 is 0 Å². The van der Waals surface area contributed by atoms with Gasteiger partial charge in [-0.2, -0.15) is 0 Å². The lowest BCUT2D eigenvalue weighted by Crippen LogP contribution is -2.31. The number of hydrogen-bond donors (Lipinski definition) is 0. The minimum absolute atomic E-state index is 0.371. The highest BCUT2D eigenvalue weighted by Gasteiger charge is 2.56. The molecule has 0 saturated heterocycles. The average Bonchev–Trinajstić information content (AvgIpc) is 2.77. The Morgan fingerprint density at radius 1 is 0.556 bits per heavy atom. The van der Waals surface area contributed by atoms with Crippen LogP contribution in [0.2, 0.25) is 0 Å². The molecular formula is C27H38. The molecule has 9 aliphatic rings.